The van der Waals surface area contributed by atoms with Crippen molar-refractivity contribution >= 4 is 17.5 Å². The molecule has 2 aromatic carbocycles. The van der Waals surface area contributed by atoms with Gasteiger partial charge in [-0.25, -0.2) is 0 Å². The highest BCUT2D eigenvalue weighted by Crippen LogP contribution is 2.41. The van der Waals surface area contributed by atoms with E-state index in [-0.39, 0.29) is 17.4 Å². The van der Waals surface area contributed by atoms with Gasteiger partial charge in [-0.15, -0.1) is 0 Å². The number of hydrogen-bond donors (Lipinski definition) is 2. The van der Waals surface area contributed by atoms with Crippen molar-refractivity contribution in [3.8, 4) is 5.75 Å². The number of nitrogens with one attached hydrogen (secondary N) is 2. The van der Waals surface area contributed by atoms with Gasteiger partial charge in [0.05, 0.1) is 12.1 Å². The molecule has 0 atom stereocenters. The Morgan fingerprint density at radius 2 is 1.93 bits per heavy atom. The molecule has 2 N–H and O–H groups in total. The Labute approximate surface area is 165 Å². The Kier molecular flexibility index (Phi) is 5.33. The highest BCUT2D eigenvalue weighted by molar-refractivity contribution is 5.94. The number of benzene rings is 2. The van der Waals surface area contributed by atoms with Crippen LogP contribution in [0.15, 0.2) is 48.5 Å². The molecule has 0 saturated heterocycles. The minimum absolute atomic E-state index is 0.0620. The molecular weight excluding hydrogens is 352 g/mol. The molecule has 1 heterocycles. The second-order valence-corrected chi connectivity index (χ2v) is 7.67. The first-order valence-corrected chi connectivity index (χ1v) is 10.1. The fourth-order valence-corrected chi connectivity index (χ4v) is 3.98. The summed E-state index contributed by atoms with van der Waals surface area (Å²) < 4.78 is 5.81. The highest BCUT2D eigenvalue weighted by atomic mass is 16.5. The average molecular weight is 378 g/mol. The first-order chi connectivity index (χ1) is 13.6. The second kappa shape index (κ2) is 8.05. The number of hydrogen-bond acceptors (Lipinski definition) is 3. The van der Waals surface area contributed by atoms with Gasteiger partial charge in [-0.2, -0.15) is 0 Å². The molecule has 2 aromatic rings. The Morgan fingerprint density at radius 3 is 2.68 bits per heavy atom. The fourth-order valence-electron chi connectivity index (χ4n) is 3.98. The van der Waals surface area contributed by atoms with Gasteiger partial charge in [0.1, 0.15) is 5.75 Å². The van der Waals surface area contributed by atoms with Gasteiger partial charge in [0, 0.05) is 18.5 Å². The zero-order chi connectivity index (χ0) is 19.4. The average Bonchev–Trinajstić information content (AvgIpc) is 2.69. The molecule has 1 aliphatic carbocycles. The van der Waals surface area contributed by atoms with Gasteiger partial charge < -0.3 is 15.4 Å². The molecule has 5 heteroatoms. The Balaban J connectivity index is 1.24. The first kappa shape index (κ1) is 18.5. The maximum absolute atomic E-state index is 12.5. The molecule has 5 nitrogen and oxygen atoms in total. The standard InChI is InChI=1S/C23H26N2O3/c26-21-12-9-17-16-19(10-11-20(17)24-21)28-15-4-8-22(27)25-23(13-5-14-23)18-6-2-1-3-7-18/h1-3,6-7,10-11,16H,4-5,8-9,12-15H2,(H,24,26)(H,25,27). The summed E-state index contributed by atoms with van der Waals surface area (Å²) in [6.07, 6.45) is 5.54. The number of ether oxygens (including phenoxy) is 1. The largest absolute Gasteiger partial charge is 0.494 e. The van der Waals surface area contributed by atoms with Crippen LogP contribution in [0.2, 0.25) is 0 Å². The number of rotatable bonds is 7. The number of carbonyl (C=O) groups excluding carboxylic acids is 2. The van der Waals surface area contributed by atoms with E-state index in [1.54, 1.807) is 0 Å². The molecule has 0 bridgehead atoms. The molecule has 0 unspecified atom stereocenters. The molecule has 28 heavy (non-hydrogen) atoms. The van der Waals surface area contributed by atoms with Crippen molar-refractivity contribution in [2.75, 3.05) is 11.9 Å². The molecule has 1 aliphatic heterocycles. The van der Waals surface area contributed by atoms with Crippen molar-refractivity contribution in [3.05, 3.63) is 59.7 Å². The SMILES string of the molecule is O=C1CCc2cc(OCCCC(=O)NC3(c4ccccc4)CCC3)ccc2N1. The third kappa shape index (κ3) is 4.03. The van der Waals surface area contributed by atoms with Crippen LogP contribution in [-0.4, -0.2) is 18.4 Å². The minimum atomic E-state index is -0.178. The summed E-state index contributed by atoms with van der Waals surface area (Å²) in [5, 5.41) is 6.12. The predicted octanol–water partition coefficient (Wildman–Crippen LogP) is 3.93. The van der Waals surface area contributed by atoms with E-state index in [9.17, 15) is 9.59 Å². The van der Waals surface area contributed by atoms with Crippen LogP contribution in [0.3, 0.4) is 0 Å². The van der Waals surface area contributed by atoms with Crippen LogP contribution in [0.1, 0.15) is 49.7 Å². The lowest BCUT2D eigenvalue weighted by Gasteiger charge is -2.43. The van der Waals surface area contributed by atoms with Crippen LogP contribution in [0.25, 0.3) is 0 Å². The Hall–Kier alpha value is -2.82. The third-order valence-corrected chi connectivity index (χ3v) is 5.70. The molecular formula is C23H26N2O3. The number of fused-ring (bicyclic) bond motifs is 1. The maximum atomic E-state index is 12.5. The van der Waals surface area contributed by atoms with Crippen molar-refractivity contribution in [3.63, 3.8) is 0 Å². The van der Waals surface area contributed by atoms with Crippen LogP contribution in [0.5, 0.6) is 5.75 Å². The van der Waals surface area contributed by atoms with E-state index >= 15 is 0 Å². The summed E-state index contributed by atoms with van der Waals surface area (Å²) in [5.41, 5.74) is 2.99. The van der Waals surface area contributed by atoms with Gasteiger partial charge in [-0.05, 0) is 61.4 Å². The fraction of sp³-hybridized carbons (Fsp3) is 0.391. The van der Waals surface area contributed by atoms with E-state index in [1.807, 2.05) is 36.4 Å². The summed E-state index contributed by atoms with van der Waals surface area (Å²) in [4.78, 5) is 23.9. The molecule has 4 rings (SSSR count). The number of amides is 2. The number of aryl methyl sites for hydroxylation is 1. The number of anilines is 1. The molecule has 1 fully saturated rings. The van der Waals surface area contributed by atoms with Crippen LogP contribution >= 0.6 is 0 Å². The van der Waals surface area contributed by atoms with E-state index in [0.717, 1.165) is 42.7 Å². The van der Waals surface area contributed by atoms with Crippen molar-refractivity contribution in [1.82, 2.24) is 5.32 Å². The van der Waals surface area contributed by atoms with Crippen LogP contribution in [0, 0.1) is 0 Å². The first-order valence-electron chi connectivity index (χ1n) is 10.1. The quantitative estimate of drug-likeness (QED) is 0.718. The van der Waals surface area contributed by atoms with Crippen molar-refractivity contribution in [2.24, 2.45) is 0 Å². The highest BCUT2D eigenvalue weighted by Gasteiger charge is 2.39. The Bertz CT molecular complexity index is 859. The van der Waals surface area contributed by atoms with Crippen LogP contribution in [-0.2, 0) is 21.5 Å². The van der Waals surface area contributed by atoms with E-state index < -0.39 is 0 Å². The summed E-state index contributed by atoms with van der Waals surface area (Å²) >= 11 is 0. The predicted molar refractivity (Wildman–Crippen MR) is 108 cm³/mol. The summed E-state index contributed by atoms with van der Waals surface area (Å²) in [6, 6.07) is 16.0. The van der Waals surface area contributed by atoms with E-state index in [0.29, 0.717) is 25.9 Å². The smallest absolute Gasteiger partial charge is 0.224 e. The lowest BCUT2D eigenvalue weighted by Crippen LogP contribution is -2.50. The Morgan fingerprint density at radius 1 is 1.11 bits per heavy atom. The lowest BCUT2D eigenvalue weighted by molar-refractivity contribution is -0.124. The third-order valence-electron chi connectivity index (χ3n) is 5.70. The van der Waals surface area contributed by atoms with E-state index in [2.05, 4.69) is 22.8 Å². The van der Waals surface area contributed by atoms with Crippen molar-refractivity contribution < 1.29 is 14.3 Å². The number of carbonyl (C=O) groups is 2. The van der Waals surface area contributed by atoms with Gasteiger partial charge >= 0.3 is 0 Å². The minimum Gasteiger partial charge on any atom is -0.494 e. The van der Waals surface area contributed by atoms with Gasteiger partial charge in [0.25, 0.3) is 0 Å². The van der Waals surface area contributed by atoms with Crippen LogP contribution in [0.4, 0.5) is 5.69 Å². The summed E-state index contributed by atoms with van der Waals surface area (Å²) in [6.45, 7) is 0.497. The van der Waals surface area contributed by atoms with E-state index in [1.165, 1.54) is 5.56 Å². The van der Waals surface area contributed by atoms with Gasteiger partial charge in [-0.1, -0.05) is 30.3 Å². The van der Waals surface area contributed by atoms with Gasteiger partial charge in [0.15, 0.2) is 0 Å². The molecule has 146 valence electrons. The van der Waals surface area contributed by atoms with Crippen molar-refractivity contribution in [1.29, 1.82) is 0 Å². The monoisotopic (exact) mass is 378 g/mol. The molecule has 1 saturated carbocycles. The summed E-state index contributed by atoms with van der Waals surface area (Å²) in [5.74, 6) is 0.933. The zero-order valence-electron chi connectivity index (χ0n) is 16.0. The van der Waals surface area contributed by atoms with E-state index in [4.69, 9.17) is 4.74 Å². The molecule has 0 spiro atoms. The molecule has 2 aliphatic rings. The van der Waals surface area contributed by atoms with Crippen LogP contribution < -0.4 is 15.4 Å². The lowest BCUT2D eigenvalue weighted by atomic mass is 9.71. The summed E-state index contributed by atoms with van der Waals surface area (Å²) in [7, 11) is 0. The second-order valence-electron chi connectivity index (χ2n) is 7.67. The molecule has 0 radical (unpaired) electrons. The zero-order valence-corrected chi connectivity index (χ0v) is 16.0. The molecule has 2 amide bonds. The molecule has 0 aromatic heterocycles. The normalized spacial score (nSPS) is 17.1. The van der Waals surface area contributed by atoms with Crippen molar-refractivity contribution in [2.45, 2.75) is 50.5 Å². The topological polar surface area (TPSA) is 67.4 Å². The van der Waals surface area contributed by atoms with Gasteiger partial charge in [0.2, 0.25) is 11.8 Å². The van der Waals surface area contributed by atoms with Gasteiger partial charge in [-0.3, -0.25) is 9.59 Å². The maximum Gasteiger partial charge on any atom is 0.224 e.